The lowest BCUT2D eigenvalue weighted by molar-refractivity contribution is -0.139. The molecule has 5 nitrogen and oxygen atoms in total. The van der Waals surface area contributed by atoms with Crippen molar-refractivity contribution in [3.8, 4) is 0 Å². The maximum atomic E-state index is 13.3. The van der Waals surface area contributed by atoms with Crippen LogP contribution in [-0.4, -0.2) is 26.2 Å². The molecule has 23 heavy (non-hydrogen) atoms. The predicted molar refractivity (Wildman–Crippen MR) is 83.2 cm³/mol. The summed E-state index contributed by atoms with van der Waals surface area (Å²) in [5, 5.41) is 0.0715. The standard InChI is InChI=1S/C16H13ClFNO4/c1-22-15(20)11-5-3-4-8-19(14(11)16(21)23-2)13-7-6-10(18)9-12(13)17/h3-9H,1-2H3. The van der Waals surface area contributed by atoms with Gasteiger partial charge in [0.2, 0.25) is 0 Å². The van der Waals surface area contributed by atoms with Gasteiger partial charge < -0.3 is 14.4 Å². The van der Waals surface area contributed by atoms with E-state index in [0.717, 1.165) is 6.07 Å². The van der Waals surface area contributed by atoms with Gasteiger partial charge in [0.15, 0.2) is 0 Å². The van der Waals surface area contributed by atoms with E-state index >= 15 is 0 Å². The van der Waals surface area contributed by atoms with Crippen LogP contribution in [0.4, 0.5) is 10.1 Å². The second-order valence-electron chi connectivity index (χ2n) is 4.41. The van der Waals surface area contributed by atoms with Crippen LogP contribution in [0.3, 0.4) is 0 Å². The number of carbonyl (C=O) groups is 2. The van der Waals surface area contributed by atoms with Gasteiger partial charge >= 0.3 is 11.9 Å². The summed E-state index contributed by atoms with van der Waals surface area (Å²) < 4.78 is 22.7. The van der Waals surface area contributed by atoms with Gasteiger partial charge in [0, 0.05) is 6.20 Å². The molecule has 0 saturated carbocycles. The third-order valence-electron chi connectivity index (χ3n) is 3.06. The van der Waals surface area contributed by atoms with Gasteiger partial charge in [-0.25, -0.2) is 14.0 Å². The van der Waals surface area contributed by atoms with Crippen LogP contribution in [0.15, 0.2) is 53.9 Å². The van der Waals surface area contributed by atoms with E-state index in [1.165, 1.54) is 43.5 Å². The van der Waals surface area contributed by atoms with E-state index in [9.17, 15) is 14.0 Å². The SMILES string of the molecule is COC(=O)C1=C(C(=O)OC)N(c2ccc(F)cc2Cl)C=CC=C1. The Bertz CT molecular complexity index is 740. The van der Waals surface area contributed by atoms with Crippen LogP contribution in [0.25, 0.3) is 0 Å². The van der Waals surface area contributed by atoms with Crippen molar-refractivity contribution in [2.24, 2.45) is 0 Å². The first-order chi connectivity index (χ1) is 11.0. The monoisotopic (exact) mass is 337 g/mol. The Morgan fingerprint density at radius 2 is 1.83 bits per heavy atom. The minimum atomic E-state index is -0.762. The molecular formula is C16H13ClFNO4. The van der Waals surface area contributed by atoms with Crippen LogP contribution in [0.1, 0.15) is 0 Å². The lowest BCUT2D eigenvalue weighted by Gasteiger charge is -2.23. The lowest BCUT2D eigenvalue weighted by Crippen LogP contribution is -2.27. The fourth-order valence-electron chi connectivity index (χ4n) is 2.03. The Hall–Kier alpha value is -2.60. The molecule has 2 rings (SSSR count). The molecule has 120 valence electrons. The minimum Gasteiger partial charge on any atom is -0.465 e. The molecule has 0 N–H and O–H groups in total. The molecule has 0 spiro atoms. The Morgan fingerprint density at radius 1 is 1.13 bits per heavy atom. The molecule has 7 heteroatoms. The molecule has 1 aromatic carbocycles. The van der Waals surface area contributed by atoms with E-state index in [1.807, 2.05) is 0 Å². The zero-order valence-corrected chi connectivity index (χ0v) is 13.1. The molecule has 1 aliphatic rings. The smallest absolute Gasteiger partial charge is 0.355 e. The van der Waals surface area contributed by atoms with Gasteiger partial charge in [-0.05, 0) is 30.4 Å². The first-order valence-corrected chi connectivity index (χ1v) is 6.87. The lowest BCUT2D eigenvalue weighted by atomic mass is 10.1. The van der Waals surface area contributed by atoms with Crippen LogP contribution in [0, 0.1) is 5.82 Å². The number of carbonyl (C=O) groups excluding carboxylic acids is 2. The van der Waals surface area contributed by atoms with E-state index < -0.39 is 17.8 Å². The second-order valence-corrected chi connectivity index (χ2v) is 4.82. The number of methoxy groups -OCH3 is 2. The van der Waals surface area contributed by atoms with Gasteiger partial charge in [0.05, 0.1) is 30.5 Å². The largest absolute Gasteiger partial charge is 0.465 e. The molecule has 1 aliphatic heterocycles. The molecule has 0 fully saturated rings. The fourth-order valence-corrected chi connectivity index (χ4v) is 2.29. The van der Waals surface area contributed by atoms with Gasteiger partial charge in [-0.3, -0.25) is 0 Å². The van der Waals surface area contributed by atoms with Crippen molar-refractivity contribution in [2.45, 2.75) is 0 Å². The molecule has 1 heterocycles. The molecule has 0 radical (unpaired) electrons. The number of esters is 2. The first kappa shape index (κ1) is 16.8. The highest BCUT2D eigenvalue weighted by molar-refractivity contribution is 6.33. The number of ether oxygens (including phenoxy) is 2. The Labute approximate surface area is 137 Å². The number of anilines is 1. The summed E-state index contributed by atoms with van der Waals surface area (Å²) in [6.07, 6.45) is 6.09. The molecule has 0 aromatic heterocycles. The predicted octanol–water partition coefficient (Wildman–Crippen LogP) is 2.97. The highest BCUT2D eigenvalue weighted by Gasteiger charge is 2.28. The summed E-state index contributed by atoms with van der Waals surface area (Å²) in [7, 11) is 2.39. The summed E-state index contributed by atoms with van der Waals surface area (Å²) in [5.41, 5.74) is 0.220. The fraction of sp³-hybridized carbons (Fsp3) is 0.125. The molecule has 0 bridgehead atoms. The van der Waals surface area contributed by atoms with Crippen LogP contribution < -0.4 is 4.90 Å². The van der Waals surface area contributed by atoms with Crippen LogP contribution >= 0.6 is 11.6 Å². The normalized spacial score (nSPS) is 13.8. The average Bonchev–Trinajstić information content (AvgIpc) is 2.76. The number of halogens is 2. The van der Waals surface area contributed by atoms with Crippen molar-refractivity contribution < 1.29 is 23.5 Å². The maximum Gasteiger partial charge on any atom is 0.355 e. The quantitative estimate of drug-likeness (QED) is 0.794. The maximum absolute atomic E-state index is 13.3. The molecule has 0 amide bonds. The second kappa shape index (κ2) is 7.11. The number of rotatable bonds is 3. The van der Waals surface area contributed by atoms with E-state index in [0.29, 0.717) is 5.69 Å². The van der Waals surface area contributed by atoms with Crippen LogP contribution in [0.2, 0.25) is 5.02 Å². The Morgan fingerprint density at radius 3 is 2.43 bits per heavy atom. The van der Waals surface area contributed by atoms with Gasteiger partial charge in [0.1, 0.15) is 11.5 Å². The topological polar surface area (TPSA) is 55.8 Å². The molecule has 0 saturated heterocycles. The molecule has 0 atom stereocenters. The number of benzene rings is 1. The third-order valence-corrected chi connectivity index (χ3v) is 3.36. The molecular weight excluding hydrogens is 325 g/mol. The van der Waals surface area contributed by atoms with Gasteiger partial charge in [-0.2, -0.15) is 0 Å². The molecule has 1 aromatic rings. The summed E-state index contributed by atoms with van der Waals surface area (Å²) in [6, 6.07) is 3.70. The Kier molecular flexibility index (Phi) is 5.18. The minimum absolute atomic E-state index is 0.00950. The molecule has 0 unspecified atom stereocenters. The van der Waals surface area contributed by atoms with Gasteiger partial charge in [-0.1, -0.05) is 17.7 Å². The number of allylic oxidation sites excluding steroid dienone is 2. The van der Waals surface area contributed by atoms with Crippen molar-refractivity contribution in [2.75, 3.05) is 19.1 Å². The van der Waals surface area contributed by atoms with Gasteiger partial charge in [-0.15, -0.1) is 0 Å². The highest BCUT2D eigenvalue weighted by Crippen LogP contribution is 2.32. The zero-order chi connectivity index (χ0) is 17.0. The van der Waals surface area contributed by atoms with Crippen LogP contribution in [-0.2, 0) is 19.1 Å². The van der Waals surface area contributed by atoms with E-state index in [-0.39, 0.29) is 16.3 Å². The molecule has 0 aliphatic carbocycles. The number of hydrogen-bond donors (Lipinski definition) is 0. The van der Waals surface area contributed by atoms with Crippen molar-refractivity contribution in [1.82, 2.24) is 0 Å². The van der Waals surface area contributed by atoms with Crippen molar-refractivity contribution in [3.05, 3.63) is 64.7 Å². The van der Waals surface area contributed by atoms with Crippen molar-refractivity contribution in [3.63, 3.8) is 0 Å². The summed E-state index contributed by atoms with van der Waals surface area (Å²) in [4.78, 5) is 25.5. The summed E-state index contributed by atoms with van der Waals surface area (Å²) >= 11 is 6.06. The van der Waals surface area contributed by atoms with Crippen molar-refractivity contribution >= 4 is 29.2 Å². The number of hydrogen-bond acceptors (Lipinski definition) is 5. The first-order valence-electron chi connectivity index (χ1n) is 6.49. The highest BCUT2D eigenvalue weighted by atomic mass is 35.5. The summed E-state index contributed by atoms with van der Waals surface area (Å²) in [5.74, 6) is -2.00. The zero-order valence-electron chi connectivity index (χ0n) is 12.4. The average molecular weight is 338 g/mol. The third kappa shape index (κ3) is 3.43. The summed E-state index contributed by atoms with van der Waals surface area (Å²) in [6.45, 7) is 0. The van der Waals surface area contributed by atoms with Crippen molar-refractivity contribution in [1.29, 1.82) is 0 Å². The van der Waals surface area contributed by atoms with Crippen LogP contribution in [0.5, 0.6) is 0 Å². The van der Waals surface area contributed by atoms with E-state index in [1.54, 1.807) is 12.2 Å². The number of nitrogens with zero attached hydrogens (tertiary/aromatic N) is 1. The Balaban J connectivity index is 2.68. The van der Waals surface area contributed by atoms with E-state index in [4.69, 9.17) is 21.1 Å². The van der Waals surface area contributed by atoms with Gasteiger partial charge in [0.25, 0.3) is 0 Å². The van der Waals surface area contributed by atoms with E-state index in [2.05, 4.69) is 0 Å².